The third kappa shape index (κ3) is 2.35. The van der Waals surface area contributed by atoms with Crippen molar-refractivity contribution in [1.29, 1.82) is 0 Å². The fourth-order valence-electron chi connectivity index (χ4n) is 4.75. The van der Waals surface area contributed by atoms with Gasteiger partial charge in [0.25, 0.3) is 5.91 Å². The SMILES string of the molecule is CCCCN1c2cccnc2-n2cccc2C12CCN(C(=O)C1(F)CC1)C2. The average molecular weight is 368 g/mol. The lowest BCUT2D eigenvalue weighted by atomic mass is 9.88. The molecule has 0 bridgehead atoms. The van der Waals surface area contributed by atoms with Crippen LogP contribution >= 0.6 is 0 Å². The summed E-state index contributed by atoms with van der Waals surface area (Å²) in [6.45, 7) is 4.24. The summed E-state index contributed by atoms with van der Waals surface area (Å²) in [4.78, 5) is 21.5. The molecule has 1 aliphatic carbocycles. The molecule has 1 saturated heterocycles. The number of aromatic nitrogens is 2. The van der Waals surface area contributed by atoms with E-state index in [1.165, 1.54) is 0 Å². The predicted octanol–water partition coefficient (Wildman–Crippen LogP) is 3.42. The second-order valence-electron chi connectivity index (χ2n) is 8.09. The van der Waals surface area contributed by atoms with Crippen LogP contribution in [0.25, 0.3) is 5.82 Å². The summed E-state index contributed by atoms with van der Waals surface area (Å²) in [6, 6.07) is 8.26. The summed E-state index contributed by atoms with van der Waals surface area (Å²) in [5.74, 6) is 0.623. The largest absolute Gasteiger partial charge is 0.355 e. The number of amides is 1. The van der Waals surface area contributed by atoms with Crippen LogP contribution in [-0.4, -0.2) is 45.7 Å². The summed E-state index contributed by atoms with van der Waals surface area (Å²) in [5.41, 5.74) is 0.347. The molecule has 1 amide bonds. The fourth-order valence-corrected chi connectivity index (χ4v) is 4.75. The van der Waals surface area contributed by atoms with Crippen LogP contribution in [0.1, 0.15) is 44.7 Å². The Bertz CT molecular complexity index is 890. The van der Waals surface area contributed by atoms with E-state index in [1.807, 2.05) is 24.5 Å². The molecule has 6 heteroatoms. The lowest BCUT2D eigenvalue weighted by Crippen LogP contribution is -2.53. The van der Waals surface area contributed by atoms with E-state index in [4.69, 9.17) is 0 Å². The smallest absolute Gasteiger partial charge is 0.260 e. The molecule has 5 rings (SSSR count). The minimum Gasteiger partial charge on any atom is -0.355 e. The van der Waals surface area contributed by atoms with E-state index in [-0.39, 0.29) is 11.4 Å². The molecule has 3 aliphatic rings. The zero-order valence-electron chi connectivity index (χ0n) is 15.7. The number of alkyl halides is 1. The van der Waals surface area contributed by atoms with Crippen LogP contribution in [0.3, 0.4) is 0 Å². The average Bonchev–Trinajstić information content (AvgIpc) is 3.11. The Kier molecular flexibility index (Phi) is 3.61. The molecule has 0 N–H and O–H groups in total. The zero-order chi connectivity index (χ0) is 18.6. The number of carbonyl (C=O) groups is 1. The maximum absolute atomic E-state index is 14.5. The van der Waals surface area contributed by atoms with Gasteiger partial charge in [0.2, 0.25) is 0 Å². The van der Waals surface area contributed by atoms with Crippen LogP contribution in [0.5, 0.6) is 0 Å². The van der Waals surface area contributed by atoms with E-state index in [0.29, 0.717) is 25.9 Å². The lowest BCUT2D eigenvalue weighted by molar-refractivity contribution is -0.137. The summed E-state index contributed by atoms with van der Waals surface area (Å²) < 4.78 is 16.6. The molecule has 2 aromatic heterocycles. The molecular formula is C21H25FN4O. The van der Waals surface area contributed by atoms with Gasteiger partial charge in [-0.15, -0.1) is 0 Å². The monoisotopic (exact) mass is 368 g/mol. The van der Waals surface area contributed by atoms with Crippen LogP contribution < -0.4 is 4.90 Å². The predicted molar refractivity (Wildman–Crippen MR) is 102 cm³/mol. The topological polar surface area (TPSA) is 41.4 Å². The van der Waals surface area contributed by atoms with E-state index in [0.717, 1.165) is 43.0 Å². The molecule has 0 aromatic carbocycles. The van der Waals surface area contributed by atoms with Gasteiger partial charge in [-0.2, -0.15) is 0 Å². The maximum Gasteiger partial charge on any atom is 0.260 e. The van der Waals surface area contributed by atoms with E-state index >= 15 is 0 Å². The maximum atomic E-state index is 14.5. The van der Waals surface area contributed by atoms with Crippen LogP contribution in [0.4, 0.5) is 10.1 Å². The number of fused-ring (bicyclic) bond motifs is 4. The van der Waals surface area contributed by atoms with Crippen molar-refractivity contribution in [3.8, 4) is 5.82 Å². The van der Waals surface area contributed by atoms with Crippen LogP contribution in [-0.2, 0) is 10.3 Å². The highest BCUT2D eigenvalue weighted by Gasteiger charge is 2.57. The van der Waals surface area contributed by atoms with Gasteiger partial charge < -0.3 is 14.4 Å². The number of rotatable bonds is 4. The highest BCUT2D eigenvalue weighted by molar-refractivity contribution is 5.88. The standard InChI is InChI=1S/C21H25FN4O/c1-2-3-13-26-16-6-4-11-23-18(16)25-12-5-7-17(25)21(26)10-14-24(15-21)19(27)20(22)8-9-20/h4-7,11-12H,2-3,8-10,13-15H2,1H3. The summed E-state index contributed by atoms with van der Waals surface area (Å²) in [6.07, 6.45) is 7.59. The first-order valence-electron chi connectivity index (χ1n) is 9.98. The summed E-state index contributed by atoms with van der Waals surface area (Å²) >= 11 is 0. The summed E-state index contributed by atoms with van der Waals surface area (Å²) in [5, 5.41) is 0. The number of hydrogen-bond donors (Lipinski definition) is 0. The second kappa shape index (κ2) is 5.81. The quantitative estimate of drug-likeness (QED) is 0.830. The Hall–Kier alpha value is -2.37. The molecule has 1 saturated carbocycles. The Morgan fingerprint density at radius 2 is 2.11 bits per heavy atom. The van der Waals surface area contributed by atoms with Gasteiger partial charge in [0, 0.05) is 32.0 Å². The molecule has 5 nitrogen and oxygen atoms in total. The highest BCUT2D eigenvalue weighted by Crippen LogP contribution is 2.49. The lowest BCUT2D eigenvalue weighted by Gasteiger charge is -2.47. The van der Waals surface area contributed by atoms with Crippen molar-refractivity contribution in [1.82, 2.24) is 14.5 Å². The van der Waals surface area contributed by atoms with Crippen molar-refractivity contribution in [3.05, 3.63) is 42.4 Å². The molecule has 4 heterocycles. The zero-order valence-corrected chi connectivity index (χ0v) is 15.7. The number of nitrogens with zero attached hydrogens (tertiary/aromatic N) is 4. The summed E-state index contributed by atoms with van der Waals surface area (Å²) in [7, 11) is 0. The third-order valence-electron chi connectivity index (χ3n) is 6.37. The van der Waals surface area contributed by atoms with Crippen molar-refractivity contribution < 1.29 is 9.18 Å². The fraction of sp³-hybridized carbons (Fsp3) is 0.524. The first-order valence-corrected chi connectivity index (χ1v) is 9.98. The number of anilines is 1. The molecule has 2 fully saturated rings. The van der Waals surface area contributed by atoms with Gasteiger partial charge in [-0.3, -0.25) is 4.79 Å². The van der Waals surface area contributed by atoms with Gasteiger partial charge in [0.15, 0.2) is 11.5 Å². The van der Waals surface area contributed by atoms with Crippen molar-refractivity contribution >= 4 is 11.6 Å². The normalized spacial score (nSPS) is 24.8. The second-order valence-corrected chi connectivity index (χ2v) is 8.09. The van der Waals surface area contributed by atoms with Gasteiger partial charge in [-0.1, -0.05) is 13.3 Å². The van der Waals surface area contributed by atoms with E-state index in [9.17, 15) is 9.18 Å². The van der Waals surface area contributed by atoms with Gasteiger partial charge in [0.05, 0.1) is 11.4 Å². The minimum atomic E-state index is -1.60. The van der Waals surface area contributed by atoms with Gasteiger partial charge >= 0.3 is 0 Å². The molecule has 0 radical (unpaired) electrons. The first-order chi connectivity index (χ1) is 13.1. The molecule has 27 heavy (non-hydrogen) atoms. The van der Waals surface area contributed by atoms with Crippen LogP contribution in [0, 0.1) is 0 Å². The van der Waals surface area contributed by atoms with Crippen molar-refractivity contribution in [3.63, 3.8) is 0 Å². The van der Waals surface area contributed by atoms with Gasteiger partial charge in [-0.25, -0.2) is 9.37 Å². The molecule has 1 unspecified atom stereocenters. The number of hydrogen-bond acceptors (Lipinski definition) is 3. The van der Waals surface area contributed by atoms with E-state index in [1.54, 1.807) is 4.90 Å². The Morgan fingerprint density at radius 1 is 1.26 bits per heavy atom. The van der Waals surface area contributed by atoms with Crippen LogP contribution in [0.2, 0.25) is 0 Å². The molecular weight excluding hydrogens is 343 g/mol. The third-order valence-corrected chi connectivity index (χ3v) is 6.37. The Labute approximate surface area is 158 Å². The minimum absolute atomic E-state index is 0.310. The highest BCUT2D eigenvalue weighted by atomic mass is 19.1. The van der Waals surface area contributed by atoms with Crippen molar-refractivity contribution in [2.24, 2.45) is 0 Å². The van der Waals surface area contributed by atoms with Crippen LogP contribution in [0.15, 0.2) is 36.7 Å². The number of likely N-dealkylation sites (tertiary alicyclic amines) is 1. The molecule has 1 atom stereocenters. The molecule has 2 aromatic rings. The van der Waals surface area contributed by atoms with Crippen molar-refractivity contribution in [2.45, 2.75) is 50.2 Å². The number of carbonyl (C=O) groups excluding carboxylic acids is 1. The first kappa shape index (κ1) is 16.8. The number of pyridine rings is 1. The van der Waals surface area contributed by atoms with E-state index in [2.05, 4.69) is 33.5 Å². The van der Waals surface area contributed by atoms with Gasteiger partial charge in [-0.05, 0) is 49.9 Å². The Morgan fingerprint density at radius 3 is 2.89 bits per heavy atom. The molecule has 1 spiro atoms. The Balaban J connectivity index is 1.59. The van der Waals surface area contributed by atoms with Gasteiger partial charge in [0.1, 0.15) is 5.54 Å². The van der Waals surface area contributed by atoms with Crippen molar-refractivity contribution in [2.75, 3.05) is 24.5 Å². The molecule has 2 aliphatic heterocycles. The number of halogens is 1. The van der Waals surface area contributed by atoms with E-state index < -0.39 is 5.67 Å². The number of unbranched alkanes of at least 4 members (excludes halogenated alkanes) is 1. The molecule has 142 valence electrons.